The third kappa shape index (κ3) is 24.8. The molecule has 34 heteroatoms. The Balaban J connectivity index is 0.00000120. The molecule has 0 saturated carbocycles. The maximum absolute atomic E-state index is 14.3. The van der Waals surface area contributed by atoms with Gasteiger partial charge in [0.15, 0.2) is 0 Å². The summed E-state index contributed by atoms with van der Waals surface area (Å²) in [4.78, 5) is 153. The van der Waals surface area contributed by atoms with Crippen molar-refractivity contribution in [2.45, 2.75) is 161 Å². The van der Waals surface area contributed by atoms with E-state index < -0.39 is 138 Å². The number of H-pyrrole nitrogens is 3. The van der Waals surface area contributed by atoms with E-state index in [-0.39, 0.29) is 44.1 Å². The van der Waals surface area contributed by atoms with Crippen LogP contribution in [0.2, 0.25) is 0 Å². The van der Waals surface area contributed by atoms with E-state index in [1.54, 1.807) is 20.0 Å². The molecule has 516 valence electrons. The van der Waals surface area contributed by atoms with Crippen molar-refractivity contribution in [3.63, 3.8) is 0 Å². The lowest BCUT2D eigenvalue weighted by Crippen LogP contribution is -2.60. The van der Waals surface area contributed by atoms with Crippen LogP contribution in [0.5, 0.6) is 0 Å². The highest BCUT2D eigenvalue weighted by Crippen LogP contribution is 2.27. The number of nitrogens with one attached hydrogen (secondary N) is 12. The van der Waals surface area contributed by atoms with Gasteiger partial charge in [-0.2, -0.15) is 26.3 Å². The number of carboxylic acid groups (broad SMARTS) is 2. The van der Waals surface area contributed by atoms with Crippen molar-refractivity contribution in [3.05, 3.63) is 89.8 Å². The number of aromatic nitrogens is 4. The Morgan fingerprint density at radius 3 is 1.79 bits per heavy atom. The van der Waals surface area contributed by atoms with Crippen molar-refractivity contribution in [2.75, 3.05) is 13.1 Å². The molecule has 0 aliphatic carbocycles. The number of alkyl halides is 6. The summed E-state index contributed by atoms with van der Waals surface area (Å²) in [5.41, 5.74) is 16.0. The number of imidazole rings is 1. The lowest BCUT2D eigenvalue weighted by molar-refractivity contribution is -0.193. The first-order chi connectivity index (χ1) is 43.9. The van der Waals surface area contributed by atoms with Crippen LogP contribution in [-0.2, 0) is 78.5 Å². The van der Waals surface area contributed by atoms with Gasteiger partial charge in [-0.05, 0) is 73.6 Å². The fourth-order valence-corrected chi connectivity index (χ4v) is 9.82. The molecule has 28 nitrogen and oxygen atoms in total. The van der Waals surface area contributed by atoms with Crippen LogP contribution in [0.1, 0.15) is 96.7 Å². The number of hydrogen-bond donors (Lipinski definition) is 16. The van der Waals surface area contributed by atoms with E-state index in [2.05, 4.69) is 67.8 Å². The number of para-hydroxylation sites is 2. The minimum atomic E-state index is -5.08. The first-order valence-corrected chi connectivity index (χ1v) is 29.8. The molecule has 5 aromatic rings. The van der Waals surface area contributed by atoms with Gasteiger partial charge in [-0.1, -0.05) is 77.9 Å². The first kappa shape index (κ1) is 76.9. The van der Waals surface area contributed by atoms with Crippen molar-refractivity contribution in [1.82, 2.24) is 67.8 Å². The molecule has 9 amide bonds. The van der Waals surface area contributed by atoms with E-state index in [1.165, 1.54) is 19.4 Å². The van der Waals surface area contributed by atoms with Crippen LogP contribution in [0.4, 0.5) is 26.3 Å². The average molecular weight is 1330 g/mol. The van der Waals surface area contributed by atoms with Crippen LogP contribution in [0.25, 0.3) is 21.8 Å². The summed E-state index contributed by atoms with van der Waals surface area (Å²) in [6.07, 6.45) is -4.58. The second kappa shape index (κ2) is 35.4. The van der Waals surface area contributed by atoms with Gasteiger partial charge in [-0.15, -0.1) is 0 Å². The van der Waals surface area contributed by atoms with Crippen molar-refractivity contribution >= 4 is 86.9 Å². The highest BCUT2D eigenvalue weighted by Gasteiger charge is 2.40. The van der Waals surface area contributed by atoms with Crippen LogP contribution < -0.4 is 59.3 Å². The number of rotatable bonds is 30. The van der Waals surface area contributed by atoms with Crippen LogP contribution >= 0.6 is 0 Å². The summed E-state index contributed by atoms with van der Waals surface area (Å²) in [5, 5.41) is 41.6. The number of nitrogens with two attached hydrogens (primary N) is 2. The predicted octanol–water partition coefficient (Wildman–Crippen LogP) is 1.64. The van der Waals surface area contributed by atoms with Gasteiger partial charge in [0.05, 0.1) is 25.0 Å². The van der Waals surface area contributed by atoms with E-state index in [0.29, 0.717) is 37.1 Å². The van der Waals surface area contributed by atoms with Crippen LogP contribution in [0, 0.1) is 17.8 Å². The molecule has 1 aliphatic rings. The molecular formula is C60H81F6N15O13. The molecule has 2 aromatic carbocycles. The summed E-state index contributed by atoms with van der Waals surface area (Å²) >= 11 is 0. The van der Waals surface area contributed by atoms with E-state index in [0.717, 1.165) is 33.1 Å². The number of carbonyl (C=O) groups is 11. The Hall–Kier alpha value is -9.60. The molecule has 3 aromatic heterocycles. The van der Waals surface area contributed by atoms with Gasteiger partial charge >= 0.3 is 24.3 Å². The van der Waals surface area contributed by atoms with Crippen LogP contribution in [-0.4, -0.2) is 169 Å². The van der Waals surface area contributed by atoms with E-state index in [4.69, 9.17) is 31.3 Å². The second-order valence-corrected chi connectivity index (χ2v) is 23.5. The van der Waals surface area contributed by atoms with Gasteiger partial charge in [0.25, 0.3) is 0 Å². The van der Waals surface area contributed by atoms with Crippen LogP contribution in [0.3, 0.4) is 0 Å². The summed E-state index contributed by atoms with van der Waals surface area (Å²) in [6, 6.07) is 7.15. The topological polar surface area (TPSA) is 449 Å². The molecular weight excluding hydrogens is 1250 g/mol. The van der Waals surface area contributed by atoms with Crippen molar-refractivity contribution < 1.29 is 89.3 Å². The van der Waals surface area contributed by atoms with Gasteiger partial charge in [-0.3, -0.25) is 48.5 Å². The van der Waals surface area contributed by atoms with E-state index in [9.17, 15) is 69.5 Å². The number of halogens is 6. The Kier molecular flexibility index (Phi) is 29.0. The van der Waals surface area contributed by atoms with Gasteiger partial charge in [-0.25, -0.2) is 14.6 Å². The molecule has 94 heavy (non-hydrogen) atoms. The minimum absolute atomic E-state index is 0.0313. The Bertz CT molecular complexity index is 3400. The number of nitrogens with zero attached hydrogens (tertiary/aromatic N) is 1. The van der Waals surface area contributed by atoms with Crippen molar-refractivity contribution in [2.24, 2.45) is 29.2 Å². The molecule has 18 N–H and O–H groups in total. The third-order valence-electron chi connectivity index (χ3n) is 14.5. The molecule has 1 aliphatic heterocycles. The molecule has 0 saturated heterocycles. The third-order valence-corrected chi connectivity index (χ3v) is 14.5. The fraction of sp³-hybridized carbons (Fsp3) is 0.500. The molecule has 0 fully saturated rings. The number of fused-ring (bicyclic) bond motifs is 4. The van der Waals surface area contributed by atoms with Gasteiger partial charge in [0, 0.05) is 84.0 Å². The van der Waals surface area contributed by atoms with E-state index in [1.807, 2.05) is 76.2 Å². The Morgan fingerprint density at radius 1 is 0.649 bits per heavy atom. The number of primary amides is 2. The molecule has 6 rings (SSSR count). The zero-order valence-electron chi connectivity index (χ0n) is 52.5. The number of amides is 9. The number of aromatic amines is 3. The number of aliphatic carboxylic acids is 2. The predicted molar refractivity (Wildman–Crippen MR) is 328 cm³/mol. The lowest BCUT2D eigenvalue weighted by atomic mass is 9.97. The van der Waals surface area contributed by atoms with Gasteiger partial charge < -0.3 is 79.2 Å². The second-order valence-electron chi connectivity index (χ2n) is 23.5. The number of carbonyl (C=O) groups excluding carboxylic acids is 9. The van der Waals surface area contributed by atoms with Crippen LogP contribution in [0.15, 0.2) is 67.3 Å². The van der Waals surface area contributed by atoms with Crippen molar-refractivity contribution in [3.8, 4) is 0 Å². The standard InChI is InChI=1S/C56H79N15O9.2C2HF3O2/c1-29(2)18-35(25-61-42(50(58)74)19-30(3)4)66-55(79)45(21-34-24-59-28-64-34)68-48(73)27-63-56(80)49(31(5)6)71-51(75)32(7)65-54(78)44(20-33-23-60-39-14-10-8-12-36(33)39)70-52(76)41(16-17-47(57)72)69-53(77)43-22-38-37-13-9-11-15-40(37)67-46(38)26-62-43;2*3-2(4,5)1(6)7/h8-15,23-24,28-32,35,41-45,49,60-62,67H,16-22,25-27H2,1-7H3,(H2,57,72)(H2,58,74)(H,59,64)(H,63,80)(H,65,78)(H,66,79)(H,68,73)(H,69,77)(H,70,76)(H,71,75);2*(H,6,7). The average Bonchev–Trinajstić information content (AvgIpc) is 1.63. The fourth-order valence-electron chi connectivity index (χ4n) is 9.82. The maximum Gasteiger partial charge on any atom is 0.490 e. The molecule has 0 spiro atoms. The lowest BCUT2D eigenvalue weighted by Gasteiger charge is -2.28. The Labute approximate surface area is 535 Å². The number of carboxylic acids is 2. The Morgan fingerprint density at radius 2 is 1.22 bits per heavy atom. The first-order valence-electron chi connectivity index (χ1n) is 29.8. The SMILES string of the molecule is CC(C)CC(CNC(CC(C)C)C(N)=O)NC(=O)C(Cc1cnc[nH]1)NC(=O)CNC(=O)C(NC(=O)C(C)NC(=O)C(Cc1c[nH]c2ccccc12)NC(=O)C(CCC(N)=O)NC(=O)C1Cc2c([nH]c3ccccc23)CN1)C(C)C.O=C(O)C(F)(F)F.O=C(O)C(F)(F)F. The molecule has 8 atom stereocenters. The molecule has 8 unspecified atom stereocenters. The molecule has 0 radical (unpaired) electrons. The number of hydrogen-bond acceptors (Lipinski definition) is 14. The van der Waals surface area contributed by atoms with Crippen molar-refractivity contribution in [1.29, 1.82) is 0 Å². The highest BCUT2D eigenvalue weighted by molar-refractivity contribution is 5.98. The monoisotopic (exact) mass is 1330 g/mol. The quantitative estimate of drug-likeness (QED) is 0.0291. The summed E-state index contributed by atoms with van der Waals surface area (Å²) in [7, 11) is 0. The molecule has 0 bridgehead atoms. The molecule has 4 heterocycles. The summed E-state index contributed by atoms with van der Waals surface area (Å²) in [6.45, 7) is 12.7. The smallest absolute Gasteiger partial charge is 0.475 e. The van der Waals surface area contributed by atoms with Gasteiger partial charge in [0.2, 0.25) is 53.2 Å². The summed E-state index contributed by atoms with van der Waals surface area (Å²) in [5.74, 6) is -11.6. The maximum atomic E-state index is 14.3. The largest absolute Gasteiger partial charge is 0.490 e. The zero-order chi connectivity index (χ0) is 70.4. The zero-order valence-corrected chi connectivity index (χ0v) is 52.5. The summed E-state index contributed by atoms with van der Waals surface area (Å²) < 4.78 is 63.5. The van der Waals surface area contributed by atoms with E-state index >= 15 is 0 Å². The minimum Gasteiger partial charge on any atom is -0.475 e. The normalized spacial score (nSPS) is 15.2. The number of benzene rings is 2. The highest BCUT2D eigenvalue weighted by atomic mass is 19.4. The van der Waals surface area contributed by atoms with Gasteiger partial charge in [0.1, 0.15) is 30.2 Å².